The molecule has 11 atom stereocenters. The molecule has 196 valence electrons. The number of hydrogen-bond acceptors (Lipinski definition) is 3. The molecule has 5 fully saturated rings. The van der Waals surface area contributed by atoms with Crippen molar-refractivity contribution >= 4 is 11.9 Å². The maximum Gasteiger partial charge on any atom is 0.312 e. The van der Waals surface area contributed by atoms with Crippen molar-refractivity contribution < 1.29 is 24.9 Å². The number of aliphatic hydroxyl groups excluding tert-OH is 1. The Balaban J connectivity index is 1.57. The third-order valence-electron chi connectivity index (χ3n) is 13.6. The molecule has 5 aliphatic rings. The molecule has 0 spiro atoms. The highest BCUT2D eigenvalue weighted by atomic mass is 16.4. The summed E-state index contributed by atoms with van der Waals surface area (Å²) in [5.74, 6) is -0.315. The van der Waals surface area contributed by atoms with Crippen LogP contribution in [0.3, 0.4) is 0 Å². The van der Waals surface area contributed by atoms with Crippen molar-refractivity contribution in [1.82, 2.24) is 0 Å². The molecule has 5 rings (SSSR count). The summed E-state index contributed by atoms with van der Waals surface area (Å²) in [6, 6.07) is 0. The molecule has 0 amide bonds. The monoisotopic (exact) mass is 486 g/mol. The minimum Gasteiger partial charge on any atom is -0.481 e. The van der Waals surface area contributed by atoms with Crippen LogP contribution >= 0.6 is 0 Å². The van der Waals surface area contributed by atoms with Crippen molar-refractivity contribution in [3.63, 3.8) is 0 Å². The zero-order valence-electron chi connectivity index (χ0n) is 22.4. The first-order valence-electron chi connectivity index (χ1n) is 14.0. The van der Waals surface area contributed by atoms with Crippen LogP contribution < -0.4 is 0 Å². The van der Waals surface area contributed by atoms with Gasteiger partial charge in [0.1, 0.15) is 0 Å². The van der Waals surface area contributed by atoms with Gasteiger partial charge in [0, 0.05) is 0 Å². The van der Waals surface area contributed by atoms with Crippen LogP contribution in [0.2, 0.25) is 0 Å². The van der Waals surface area contributed by atoms with Crippen molar-refractivity contribution in [2.75, 3.05) is 0 Å². The van der Waals surface area contributed by atoms with E-state index < -0.39 is 28.9 Å². The van der Waals surface area contributed by atoms with Gasteiger partial charge in [0.25, 0.3) is 0 Å². The summed E-state index contributed by atoms with van der Waals surface area (Å²) in [6.45, 7) is 15.4. The number of allylic oxidation sites excluding steroid dienone is 1. The molecule has 0 aliphatic heterocycles. The summed E-state index contributed by atoms with van der Waals surface area (Å²) < 4.78 is 0. The van der Waals surface area contributed by atoms with Crippen LogP contribution in [0, 0.1) is 56.7 Å². The number of aliphatic carboxylic acids is 2. The highest BCUT2D eigenvalue weighted by Crippen LogP contribution is 2.77. The Morgan fingerprint density at radius 3 is 2.06 bits per heavy atom. The minimum atomic E-state index is -1.10. The summed E-state index contributed by atoms with van der Waals surface area (Å²) in [5, 5.41) is 31.6. The number of aliphatic hydroxyl groups is 1. The Hall–Kier alpha value is -1.36. The van der Waals surface area contributed by atoms with Crippen LogP contribution in [-0.2, 0) is 9.59 Å². The molecule has 5 heteroatoms. The van der Waals surface area contributed by atoms with Crippen LogP contribution in [0.1, 0.15) is 98.8 Å². The molecule has 3 N–H and O–H groups in total. The second-order valence-electron chi connectivity index (χ2n) is 14.3. The molecule has 5 aliphatic carbocycles. The van der Waals surface area contributed by atoms with Gasteiger partial charge in [0.15, 0.2) is 0 Å². The molecule has 0 aromatic rings. The maximum atomic E-state index is 12.8. The van der Waals surface area contributed by atoms with Crippen molar-refractivity contribution in [2.45, 2.75) is 105 Å². The van der Waals surface area contributed by atoms with Gasteiger partial charge < -0.3 is 15.3 Å². The summed E-state index contributed by atoms with van der Waals surface area (Å²) in [7, 11) is 0. The molecule has 0 aromatic carbocycles. The van der Waals surface area contributed by atoms with E-state index in [0.29, 0.717) is 18.3 Å². The lowest BCUT2D eigenvalue weighted by molar-refractivity contribution is -0.251. The van der Waals surface area contributed by atoms with E-state index in [2.05, 4.69) is 34.3 Å². The zero-order valence-corrected chi connectivity index (χ0v) is 22.4. The average Bonchev–Trinajstić information content (AvgIpc) is 3.18. The van der Waals surface area contributed by atoms with Gasteiger partial charge in [0.2, 0.25) is 0 Å². The van der Waals surface area contributed by atoms with Gasteiger partial charge in [-0.15, -0.1) is 0 Å². The molecule has 0 aromatic heterocycles. The molecule has 5 saturated carbocycles. The zero-order chi connectivity index (χ0) is 25.8. The fourth-order valence-electron chi connectivity index (χ4n) is 11.5. The Labute approximate surface area is 210 Å². The highest BCUT2D eigenvalue weighted by Gasteiger charge is 2.73. The second kappa shape index (κ2) is 7.58. The van der Waals surface area contributed by atoms with Gasteiger partial charge in [-0.25, -0.2) is 0 Å². The van der Waals surface area contributed by atoms with E-state index in [0.717, 1.165) is 63.4 Å². The fraction of sp³-hybridized carbons (Fsp3) is 0.867. The lowest BCUT2D eigenvalue weighted by Crippen LogP contribution is -2.68. The van der Waals surface area contributed by atoms with E-state index >= 15 is 0 Å². The number of carboxylic acid groups (broad SMARTS) is 2. The summed E-state index contributed by atoms with van der Waals surface area (Å²) >= 11 is 0. The predicted octanol–water partition coefficient (Wildman–Crippen LogP) is 6.15. The standard InChI is InChI=1S/C30H46O5/c1-17(2)18-9-14-30(25(34)35)16-15-27(4)19(23(18)30)7-8-20-26(3)12-11-22(31)29(6,24(32)33)21(26)10-13-28(20,27)5/h18-23,31H,1,7-16H2,2-6H3,(H,32,33)(H,34,35)/t18-,19?,20?,21?,22+,23?,26+,27+,28+,29-,30-/m0/s1. The first kappa shape index (κ1) is 25.3. The van der Waals surface area contributed by atoms with E-state index in [1.165, 1.54) is 0 Å². The van der Waals surface area contributed by atoms with E-state index in [1.54, 1.807) is 6.92 Å². The minimum absolute atomic E-state index is 0.0290. The maximum absolute atomic E-state index is 12.8. The summed E-state index contributed by atoms with van der Waals surface area (Å²) in [6.07, 6.45) is 7.86. The molecule has 0 radical (unpaired) electrons. The van der Waals surface area contributed by atoms with Gasteiger partial charge >= 0.3 is 11.9 Å². The van der Waals surface area contributed by atoms with Crippen LogP contribution in [0.4, 0.5) is 0 Å². The third-order valence-corrected chi connectivity index (χ3v) is 13.6. The molecular weight excluding hydrogens is 440 g/mol. The molecule has 4 unspecified atom stereocenters. The Kier molecular flexibility index (Phi) is 5.48. The topological polar surface area (TPSA) is 94.8 Å². The van der Waals surface area contributed by atoms with E-state index in [9.17, 15) is 24.9 Å². The molecule has 5 nitrogen and oxygen atoms in total. The SMILES string of the molecule is C=C(C)[C@@H]1CC[C@]2(C(=O)O)CC[C@]3(C)C(CCC4[C@@]5(C)CC[C@@H](O)[C@@](C)(C(=O)O)C5CC[C@]43C)C12. The molecule has 0 bridgehead atoms. The van der Waals surface area contributed by atoms with Gasteiger partial charge in [-0.3, -0.25) is 9.59 Å². The van der Waals surface area contributed by atoms with Gasteiger partial charge in [0.05, 0.1) is 16.9 Å². The number of rotatable bonds is 3. The largest absolute Gasteiger partial charge is 0.481 e. The first-order chi connectivity index (χ1) is 16.2. The van der Waals surface area contributed by atoms with Gasteiger partial charge in [-0.2, -0.15) is 0 Å². The van der Waals surface area contributed by atoms with Crippen molar-refractivity contribution in [2.24, 2.45) is 56.7 Å². The van der Waals surface area contributed by atoms with Crippen LogP contribution in [-0.4, -0.2) is 33.4 Å². The summed E-state index contributed by atoms with van der Waals surface area (Å²) in [5.41, 5.74) is -0.638. The second-order valence-corrected chi connectivity index (χ2v) is 14.3. The summed E-state index contributed by atoms with van der Waals surface area (Å²) in [4.78, 5) is 25.3. The lowest BCUT2D eigenvalue weighted by atomic mass is 9.32. The highest BCUT2D eigenvalue weighted by molar-refractivity contribution is 5.76. The van der Waals surface area contributed by atoms with Crippen molar-refractivity contribution in [1.29, 1.82) is 0 Å². The van der Waals surface area contributed by atoms with Crippen LogP contribution in [0.5, 0.6) is 0 Å². The van der Waals surface area contributed by atoms with E-state index in [4.69, 9.17) is 0 Å². The molecular formula is C30H46O5. The van der Waals surface area contributed by atoms with Gasteiger partial charge in [-0.05, 0) is 124 Å². The fourth-order valence-corrected chi connectivity index (χ4v) is 11.5. The third kappa shape index (κ3) is 2.85. The van der Waals surface area contributed by atoms with Gasteiger partial charge in [-0.1, -0.05) is 32.9 Å². The molecule has 0 heterocycles. The average molecular weight is 487 g/mol. The van der Waals surface area contributed by atoms with Crippen LogP contribution in [0.25, 0.3) is 0 Å². The van der Waals surface area contributed by atoms with Crippen LogP contribution in [0.15, 0.2) is 12.2 Å². The Morgan fingerprint density at radius 1 is 0.771 bits per heavy atom. The number of hydrogen-bond donors (Lipinski definition) is 3. The molecule has 35 heavy (non-hydrogen) atoms. The predicted molar refractivity (Wildman–Crippen MR) is 135 cm³/mol. The van der Waals surface area contributed by atoms with E-state index in [1.807, 2.05) is 0 Å². The normalized spacial score (nSPS) is 55.1. The van der Waals surface area contributed by atoms with Crippen molar-refractivity contribution in [3.05, 3.63) is 12.2 Å². The number of carbonyl (C=O) groups is 2. The van der Waals surface area contributed by atoms with E-state index in [-0.39, 0.29) is 34.0 Å². The Bertz CT molecular complexity index is 958. The number of carboxylic acids is 2. The molecule has 0 saturated heterocycles. The quantitative estimate of drug-likeness (QED) is 0.416. The Morgan fingerprint density at radius 2 is 1.46 bits per heavy atom. The smallest absolute Gasteiger partial charge is 0.312 e. The lowest BCUT2D eigenvalue weighted by Gasteiger charge is -2.72. The van der Waals surface area contributed by atoms with Crippen molar-refractivity contribution in [3.8, 4) is 0 Å². The number of fused-ring (bicyclic) bond motifs is 7. The first-order valence-corrected chi connectivity index (χ1v) is 14.0.